The second kappa shape index (κ2) is 6.31. The van der Waals surface area contributed by atoms with Gasteiger partial charge in [0.25, 0.3) is 0 Å². The van der Waals surface area contributed by atoms with Crippen LogP contribution in [0.2, 0.25) is 0 Å². The van der Waals surface area contributed by atoms with Crippen molar-refractivity contribution in [2.24, 2.45) is 0 Å². The Morgan fingerprint density at radius 2 is 2.05 bits per heavy atom. The van der Waals surface area contributed by atoms with Crippen LogP contribution in [0.25, 0.3) is 0 Å². The Morgan fingerprint density at radius 3 is 2.68 bits per heavy atom. The van der Waals surface area contributed by atoms with E-state index in [1.165, 1.54) is 5.69 Å². The Labute approximate surface area is 114 Å². The van der Waals surface area contributed by atoms with Crippen LogP contribution in [0.4, 0.5) is 16.2 Å². The molecule has 5 nitrogen and oxygen atoms in total. The molecule has 0 atom stereocenters. The molecular weight excluding hydrogens is 242 g/mol. The monoisotopic (exact) mass is 263 g/mol. The quantitative estimate of drug-likeness (QED) is 0.906. The Bertz CT molecular complexity index is 428. The average molecular weight is 263 g/mol. The highest BCUT2D eigenvalue weighted by molar-refractivity contribution is 5.68. The maximum Gasteiger partial charge on any atom is 0.409 e. The van der Waals surface area contributed by atoms with E-state index < -0.39 is 0 Å². The van der Waals surface area contributed by atoms with Crippen molar-refractivity contribution in [2.45, 2.75) is 6.92 Å². The zero-order valence-corrected chi connectivity index (χ0v) is 11.6. The predicted molar refractivity (Wildman–Crippen MR) is 76.8 cm³/mol. The fraction of sp³-hybridized carbons (Fsp3) is 0.500. The minimum atomic E-state index is -0.203. The van der Waals surface area contributed by atoms with E-state index in [-0.39, 0.29) is 6.09 Å². The van der Waals surface area contributed by atoms with Gasteiger partial charge < -0.3 is 19.9 Å². The number of ether oxygens (including phenoxy) is 1. The number of anilines is 2. The van der Waals surface area contributed by atoms with E-state index in [0.717, 1.165) is 18.8 Å². The van der Waals surface area contributed by atoms with Crippen molar-refractivity contribution >= 4 is 17.5 Å². The smallest absolute Gasteiger partial charge is 0.409 e. The first-order valence-corrected chi connectivity index (χ1v) is 6.69. The van der Waals surface area contributed by atoms with E-state index in [9.17, 15) is 4.79 Å². The summed E-state index contributed by atoms with van der Waals surface area (Å²) < 4.78 is 5.02. The van der Waals surface area contributed by atoms with Gasteiger partial charge in [0.1, 0.15) is 0 Å². The maximum atomic E-state index is 11.6. The lowest BCUT2D eigenvalue weighted by atomic mass is 10.2. The normalized spacial score (nSPS) is 15.3. The molecule has 0 aliphatic carbocycles. The van der Waals surface area contributed by atoms with Gasteiger partial charge in [-0.2, -0.15) is 0 Å². The number of piperazine rings is 1. The number of rotatable bonds is 3. The maximum absolute atomic E-state index is 11.6. The van der Waals surface area contributed by atoms with Crippen LogP contribution >= 0.6 is 0 Å². The molecule has 1 aromatic rings. The summed E-state index contributed by atoms with van der Waals surface area (Å²) in [5.41, 5.74) is 2.29. The van der Waals surface area contributed by atoms with E-state index in [1.807, 2.05) is 26.1 Å². The molecule has 1 aromatic carbocycles. The van der Waals surface area contributed by atoms with Crippen LogP contribution in [-0.2, 0) is 4.74 Å². The zero-order chi connectivity index (χ0) is 13.7. The largest absolute Gasteiger partial charge is 0.450 e. The standard InChI is InChI=1S/C14H21N3O2/c1-3-19-14(18)17-9-7-16(8-10-17)13-6-4-5-12(11-13)15-2/h4-6,11,15H,3,7-10H2,1-2H3. The molecule has 1 aliphatic heterocycles. The SMILES string of the molecule is CCOC(=O)N1CCN(c2cccc(NC)c2)CC1. The Balaban J connectivity index is 1.94. The summed E-state index contributed by atoms with van der Waals surface area (Å²) in [6, 6.07) is 8.30. The predicted octanol–water partition coefficient (Wildman–Crippen LogP) is 2.01. The van der Waals surface area contributed by atoms with Crippen molar-refractivity contribution in [3.05, 3.63) is 24.3 Å². The molecule has 2 rings (SSSR count). The van der Waals surface area contributed by atoms with Crippen molar-refractivity contribution in [1.82, 2.24) is 4.90 Å². The van der Waals surface area contributed by atoms with Gasteiger partial charge in [-0.25, -0.2) is 4.79 Å². The number of carbonyl (C=O) groups is 1. The van der Waals surface area contributed by atoms with Crippen molar-refractivity contribution in [2.75, 3.05) is 50.1 Å². The van der Waals surface area contributed by atoms with Gasteiger partial charge in [-0.05, 0) is 25.1 Å². The molecule has 104 valence electrons. The number of amides is 1. The lowest BCUT2D eigenvalue weighted by Crippen LogP contribution is -2.49. The van der Waals surface area contributed by atoms with E-state index in [1.54, 1.807) is 4.90 Å². The zero-order valence-electron chi connectivity index (χ0n) is 11.6. The Kier molecular flexibility index (Phi) is 4.49. The van der Waals surface area contributed by atoms with Gasteiger partial charge in [0.2, 0.25) is 0 Å². The van der Waals surface area contributed by atoms with E-state index >= 15 is 0 Å². The second-order valence-electron chi connectivity index (χ2n) is 4.47. The number of carbonyl (C=O) groups excluding carboxylic acids is 1. The summed E-state index contributed by atoms with van der Waals surface area (Å²) in [5.74, 6) is 0. The number of nitrogens with one attached hydrogen (secondary N) is 1. The Morgan fingerprint density at radius 1 is 1.32 bits per heavy atom. The van der Waals surface area contributed by atoms with Crippen LogP contribution < -0.4 is 10.2 Å². The Hall–Kier alpha value is -1.91. The number of hydrogen-bond donors (Lipinski definition) is 1. The summed E-state index contributed by atoms with van der Waals surface area (Å²) in [4.78, 5) is 15.7. The lowest BCUT2D eigenvalue weighted by molar-refractivity contribution is 0.105. The topological polar surface area (TPSA) is 44.8 Å². The van der Waals surface area contributed by atoms with Gasteiger partial charge in [-0.1, -0.05) is 6.07 Å². The van der Waals surface area contributed by atoms with Crippen molar-refractivity contribution in [3.8, 4) is 0 Å². The molecule has 1 saturated heterocycles. The molecule has 1 aliphatic rings. The van der Waals surface area contributed by atoms with Crippen LogP contribution in [0.1, 0.15) is 6.92 Å². The number of nitrogens with zero attached hydrogens (tertiary/aromatic N) is 2. The summed E-state index contributed by atoms with van der Waals surface area (Å²) >= 11 is 0. The molecule has 1 fully saturated rings. The third-order valence-corrected chi connectivity index (χ3v) is 3.31. The molecular formula is C14H21N3O2. The molecule has 0 aromatic heterocycles. The highest BCUT2D eigenvalue weighted by atomic mass is 16.6. The third kappa shape index (κ3) is 3.30. The molecule has 5 heteroatoms. The molecule has 0 saturated carbocycles. The first-order valence-electron chi connectivity index (χ1n) is 6.69. The molecule has 0 spiro atoms. The van der Waals surface area contributed by atoms with Crippen LogP contribution in [0.3, 0.4) is 0 Å². The van der Waals surface area contributed by atoms with E-state index in [4.69, 9.17) is 4.74 Å². The van der Waals surface area contributed by atoms with E-state index in [2.05, 4.69) is 22.3 Å². The van der Waals surface area contributed by atoms with Crippen molar-refractivity contribution in [1.29, 1.82) is 0 Å². The highest BCUT2D eigenvalue weighted by Gasteiger charge is 2.21. The van der Waals surface area contributed by atoms with Crippen LogP contribution in [0.15, 0.2) is 24.3 Å². The van der Waals surface area contributed by atoms with E-state index in [0.29, 0.717) is 19.7 Å². The van der Waals surface area contributed by atoms with Crippen LogP contribution in [0.5, 0.6) is 0 Å². The molecule has 0 radical (unpaired) electrons. The van der Waals surface area contributed by atoms with Gasteiger partial charge in [0.05, 0.1) is 6.61 Å². The fourth-order valence-corrected chi connectivity index (χ4v) is 2.22. The van der Waals surface area contributed by atoms with Crippen LogP contribution in [0, 0.1) is 0 Å². The van der Waals surface area contributed by atoms with Gasteiger partial charge in [0, 0.05) is 44.6 Å². The summed E-state index contributed by atoms with van der Waals surface area (Å²) in [6.45, 7) is 5.36. The first kappa shape index (κ1) is 13.5. The minimum absolute atomic E-state index is 0.203. The molecule has 1 heterocycles. The second-order valence-corrected chi connectivity index (χ2v) is 4.47. The first-order chi connectivity index (χ1) is 9.24. The molecule has 0 unspecified atom stereocenters. The highest BCUT2D eigenvalue weighted by Crippen LogP contribution is 2.20. The summed E-state index contributed by atoms with van der Waals surface area (Å²) in [6.07, 6.45) is -0.203. The molecule has 1 amide bonds. The third-order valence-electron chi connectivity index (χ3n) is 3.31. The van der Waals surface area contributed by atoms with Gasteiger partial charge in [-0.3, -0.25) is 0 Å². The number of hydrogen-bond acceptors (Lipinski definition) is 4. The fourth-order valence-electron chi connectivity index (χ4n) is 2.22. The van der Waals surface area contributed by atoms with Crippen molar-refractivity contribution < 1.29 is 9.53 Å². The van der Waals surface area contributed by atoms with Gasteiger partial charge in [0.15, 0.2) is 0 Å². The molecule has 1 N–H and O–H groups in total. The molecule has 0 bridgehead atoms. The molecule has 19 heavy (non-hydrogen) atoms. The summed E-state index contributed by atoms with van der Waals surface area (Å²) in [5, 5.41) is 3.14. The summed E-state index contributed by atoms with van der Waals surface area (Å²) in [7, 11) is 1.91. The number of benzene rings is 1. The van der Waals surface area contributed by atoms with Crippen molar-refractivity contribution in [3.63, 3.8) is 0 Å². The van der Waals surface area contributed by atoms with Gasteiger partial charge >= 0.3 is 6.09 Å². The lowest BCUT2D eigenvalue weighted by Gasteiger charge is -2.35. The van der Waals surface area contributed by atoms with Crippen LogP contribution in [-0.4, -0.2) is 50.8 Å². The average Bonchev–Trinajstić information content (AvgIpc) is 2.48. The minimum Gasteiger partial charge on any atom is -0.450 e. The van der Waals surface area contributed by atoms with Gasteiger partial charge in [-0.15, -0.1) is 0 Å².